The van der Waals surface area contributed by atoms with E-state index in [-0.39, 0.29) is 0 Å². The van der Waals surface area contributed by atoms with Crippen molar-refractivity contribution >= 4 is 5.69 Å². The van der Waals surface area contributed by atoms with E-state index in [1.165, 1.54) is 5.56 Å². The van der Waals surface area contributed by atoms with E-state index in [0.717, 1.165) is 50.5 Å². The molecule has 1 unspecified atom stereocenters. The van der Waals surface area contributed by atoms with Crippen molar-refractivity contribution in [2.75, 3.05) is 38.7 Å². The third kappa shape index (κ3) is 4.11. The van der Waals surface area contributed by atoms with Gasteiger partial charge < -0.3 is 20.1 Å². The molecule has 1 heterocycles. The molecule has 2 rings (SSSR count). The van der Waals surface area contributed by atoms with Crippen molar-refractivity contribution in [3.05, 3.63) is 23.8 Å². The summed E-state index contributed by atoms with van der Waals surface area (Å²) in [6.07, 6.45) is 2.36. The van der Waals surface area contributed by atoms with Crippen LogP contribution in [0.25, 0.3) is 0 Å². The zero-order valence-electron chi connectivity index (χ0n) is 11.9. The molecule has 1 aliphatic rings. The molecule has 0 aliphatic carbocycles. The van der Waals surface area contributed by atoms with Gasteiger partial charge in [-0.15, -0.1) is 0 Å². The second-order valence-corrected chi connectivity index (χ2v) is 4.80. The molecule has 4 heteroatoms. The lowest BCUT2D eigenvalue weighted by molar-refractivity contribution is 0.0258. The summed E-state index contributed by atoms with van der Waals surface area (Å²) >= 11 is 0. The Morgan fingerprint density at radius 3 is 3.05 bits per heavy atom. The Morgan fingerprint density at radius 2 is 2.37 bits per heavy atom. The largest absolute Gasteiger partial charge is 0.495 e. The number of nitrogens with one attached hydrogen (secondary N) is 2. The fourth-order valence-electron chi connectivity index (χ4n) is 2.29. The summed E-state index contributed by atoms with van der Waals surface area (Å²) in [5, 5.41) is 6.80. The standard InChI is InChI=1S/C15H24N2O2/c1-3-12-4-5-15(18-2)14(10-12)17-7-6-13-11-16-8-9-19-13/h4-5,10,13,16-17H,3,6-9,11H2,1-2H3. The van der Waals surface area contributed by atoms with Crippen molar-refractivity contribution in [2.24, 2.45) is 0 Å². The van der Waals surface area contributed by atoms with Gasteiger partial charge in [-0.2, -0.15) is 0 Å². The second-order valence-electron chi connectivity index (χ2n) is 4.80. The van der Waals surface area contributed by atoms with Crippen LogP contribution in [0, 0.1) is 0 Å². The Balaban J connectivity index is 1.86. The van der Waals surface area contributed by atoms with Gasteiger partial charge in [0.25, 0.3) is 0 Å². The van der Waals surface area contributed by atoms with E-state index in [4.69, 9.17) is 9.47 Å². The molecule has 1 saturated heterocycles. The van der Waals surface area contributed by atoms with Gasteiger partial charge >= 0.3 is 0 Å². The topological polar surface area (TPSA) is 42.5 Å². The zero-order valence-corrected chi connectivity index (χ0v) is 11.9. The first-order valence-corrected chi connectivity index (χ1v) is 7.06. The normalized spacial score (nSPS) is 19.2. The summed E-state index contributed by atoms with van der Waals surface area (Å²) in [6.45, 7) is 5.80. The van der Waals surface area contributed by atoms with Gasteiger partial charge in [0.2, 0.25) is 0 Å². The predicted molar refractivity (Wildman–Crippen MR) is 78.1 cm³/mol. The van der Waals surface area contributed by atoms with Gasteiger partial charge in [0, 0.05) is 19.6 Å². The van der Waals surface area contributed by atoms with Gasteiger partial charge in [0.1, 0.15) is 5.75 Å². The number of hydrogen-bond donors (Lipinski definition) is 2. The Labute approximate surface area is 115 Å². The predicted octanol–water partition coefficient (Wildman–Crippen LogP) is 2.05. The van der Waals surface area contributed by atoms with Crippen LogP contribution in [-0.2, 0) is 11.2 Å². The maximum absolute atomic E-state index is 5.68. The Kier molecular flexibility index (Phi) is 5.48. The molecule has 106 valence electrons. The fourth-order valence-corrected chi connectivity index (χ4v) is 2.29. The third-order valence-corrected chi connectivity index (χ3v) is 3.46. The van der Waals surface area contributed by atoms with Crippen LogP contribution >= 0.6 is 0 Å². The minimum Gasteiger partial charge on any atom is -0.495 e. The van der Waals surface area contributed by atoms with Crippen molar-refractivity contribution in [3.8, 4) is 5.75 Å². The van der Waals surface area contributed by atoms with Crippen LogP contribution in [0.5, 0.6) is 5.75 Å². The summed E-state index contributed by atoms with van der Waals surface area (Å²) in [5.74, 6) is 0.903. The number of aryl methyl sites for hydroxylation is 1. The summed E-state index contributed by atoms with van der Waals surface area (Å²) in [7, 11) is 1.71. The number of ether oxygens (including phenoxy) is 2. The Bertz CT molecular complexity index is 390. The maximum Gasteiger partial charge on any atom is 0.141 e. The number of morpholine rings is 1. The van der Waals surface area contributed by atoms with Gasteiger partial charge in [-0.1, -0.05) is 13.0 Å². The van der Waals surface area contributed by atoms with Gasteiger partial charge in [-0.05, 0) is 30.5 Å². The highest BCUT2D eigenvalue weighted by molar-refractivity contribution is 5.58. The molecule has 0 spiro atoms. The molecule has 0 saturated carbocycles. The molecular weight excluding hydrogens is 240 g/mol. The first-order valence-electron chi connectivity index (χ1n) is 7.06. The first-order chi connectivity index (χ1) is 9.33. The first kappa shape index (κ1) is 14.2. The van der Waals surface area contributed by atoms with Crippen LogP contribution in [0.4, 0.5) is 5.69 Å². The third-order valence-electron chi connectivity index (χ3n) is 3.46. The molecule has 1 aromatic rings. The molecular formula is C15H24N2O2. The van der Waals surface area contributed by atoms with Gasteiger partial charge in [-0.25, -0.2) is 0 Å². The van der Waals surface area contributed by atoms with E-state index in [9.17, 15) is 0 Å². The quantitative estimate of drug-likeness (QED) is 0.825. The van der Waals surface area contributed by atoms with Crippen LogP contribution in [0.3, 0.4) is 0 Å². The minimum atomic E-state index is 0.321. The van der Waals surface area contributed by atoms with Crippen LogP contribution in [0.15, 0.2) is 18.2 Å². The number of rotatable bonds is 6. The molecule has 1 aliphatic heterocycles. The monoisotopic (exact) mass is 264 g/mol. The van der Waals surface area contributed by atoms with E-state index in [0.29, 0.717) is 6.10 Å². The molecule has 19 heavy (non-hydrogen) atoms. The number of methoxy groups -OCH3 is 1. The van der Waals surface area contributed by atoms with Gasteiger partial charge in [0.05, 0.1) is 25.5 Å². The number of benzene rings is 1. The highest BCUT2D eigenvalue weighted by Crippen LogP contribution is 2.25. The van der Waals surface area contributed by atoms with E-state index in [2.05, 4.69) is 29.7 Å². The molecule has 0 bridgehead atoms. The molecule has 1 fully saturated rings. The van der Waals surface area contributed by atoms with Crippen molar-refractivity contribution in [1.29, 1.82) is 0 Å². The molecule has 2 N–H and O–H groups in total. The molecule has 1 aromatic carbocycles. The molecule has 0 aromatic heterocycles. The zero-order chi connectivity index (χ0) is 13.5. The van der Waals surface area contributed by atoms with E-state index < -0.39 is 0 Å². The number of hydrogen-bond acceptors (Lipinski definition) is 4. The second kappa shape index (κ2) is 7.36. The summed E-state index contributed by atoms with van der Waals surface area (Å²) in [5.41, 5.74) is 2.39. The Morgan fingerprint density at radius 1 is 1.47 bits per heavy atom. The summed E-state index contributed by atoms with van der Waals surface area (Å²) in [6, 6.07) is 6.30. The van der Waals surface area contributed by atoms with Crippen molar-refractivity contribution in [1.82, 2.24) is 5.32 Å². The van der Waals surface area contributed by atoms with E-state index in [1.54, 1.807) is 7.11 Å². The highest BCUT2D eigenvalue weighted by Gasteiger charge is 2.13. The Hall–Kier alpha value is -1.26. The molecule has 0 radical (unpaired) electrons. The van der Waals surface area contributed by atoms with Crippen LogP contribution in [0.2, 0.25) is 0 Å². The lowest BCUT2D eigenvalue weighted by atomic mass is 10.1. The van der Waals surface area contributed by atoms with Crippen molar-refractivity contribution in [3.63, 3.8) is 0 Å². The highest BCUT2D eigenvalue weighted by atomic mass is 16.5. The van der Waals surface area contributed by atoms with Gasteiger partial charge in [0.15, 0.2) is 0 Å². The summed E-state index contributed by atoms with van der Waals surface area (Å²) in [4.78, 5) is 0. The van der Waals surface area contributed by atoms with Crippen LogP contribution in [0.1, 0.15) is 18.9 Å². The summed E-state index contributed by atoms with van der Waals surface area (Å²) < 4.78 is 11.1. The SMILES string of the molecule is CCc1ccc(OC)c(NCCC2CNCCO2)c1. The fraction of sp³-hybridized carbons (Fsp3) is 0.600. The lowest BCUT2D eigenvalue weighted by Crippen LogP contribution is -2.39. The average Bonchev–Trinajstić information content (AvgIpc) is 2.48. The van der Waals surface area contributed by atoms with Crippen LogP contribution < -0.4 is 15.4 Å². The molecule has 0 amide bonds. The van der Waals surface area contributed by atoms with E-state index >= 15 is 0 Å². The molecule has 1 atom stereocenters. The van der Waals surface area contributed by atoms with Gasteiger partial charge in [-0.3, -0.25) is 0 Å². The number of anilines is 1. The van der Waals surface area contributed by atoms with Crippen LogP contribution in [-0.4, -0.2) is 39.5 Å². The smallest absolute Gasteiger partial charge is 0.141 e. The lowest BCUT2D eigenvalue weighted by Gasteiger charge is -2.24. The van der Waals surface area contributed by atoms with E-state index in [1.807, 2.05) is 6.07 Å². The average molecular weight is 264 g/mol. The molecule has 4 nitrogen and oxygen atoms in total. The maximum atomic E-state index is 5.68. The van der Waals surface area contributed by atoms with Crippen molar-refractivity contribution < 1.29 is 9.47 Å². The minimum absolute atomic E-state index is 0.321. The van der Waals surface area contributed by atoms with Crippen molar-refractivity contribution in [2.45, 2.75) is 25.9 Å².